The number of rotatable bonds is 12. The fraction of sp³-hybridized carbons (Fsp3) is 0.731. The number of guanidine groups is 1. The zero-order valence-electron chi connectivity index (χ0n) is 24.2. The van der Waals surface area contributed by atoms with Crippen molar-refractivity contribution in [2.24, 2.45) is 28.1 Å². The molecule has 0 unspecified atom stereocenters. The number of nitrogens with zero attached hydrogens (tertiary/aromatic N) is 3. The van der Waals surface area contributed by atoms with Crippen LogP contribution in [-0.2, 0) is 28.8 Å². The van der Waals surface area contributed by atoms with Gasteiger partial charge in [-0.15, -0.1) is 11.8 Å². The maximum absolute atomic E-state index is 13.9. The van der Waals surface area contributed by atoms with Crippen molar-refractivity contribution in [3.8, 4) is 0 Å². The number of carbonyl (C=O) groups is 6. The largest absolute Gasteiger partial charge is 0.370 e. The first-order valence-electron chi connectivity index (χ1n) is 14.3. The summed E-state index contributed by atoms with van der Waals surface area (Å²) in [4.78, 5) is 83.5. The predicted molar refractivity (Wildman–Crippen MR) is 156 cm³/mol. The third kappa shape index (κ3) is 8.72. The first-order valence-corrected chi connectivity index (χ1v) is 15.4. The van der Waals surface area contributed by atoms with Crippen molar-refractivity contribution < 1.29 is 28.8 Å². The summed E-state index contributed by atoms with van der Waals surface area (Å²) in [5.41, 5.74) is 16.1. The number of carbonyl (C=O) groups excluding carboxylic acids is 6. The summed E-state index contributed by atoms with van der Waals surface area (Å²) in [6.07, 6.45) is 5.10. The summed E-state index contributed by atoms with van der Waals surface area (Å²) in [7, 11) is 0. The molecule has 2 saturated heterocycles. The molecule has 3 rings (SSSR count). The molecule has 1 saturated carbocycles. The van der Waals surface area contributed by atoms with Gasteiger partial charge in [0.15, 0.2) is 5.96 Å². The monoisotopic (exact) mass is 609 g/mol. The van der Waals surface area contributed by atoms with Crippen LogP contribution in [0.5, 0.6) is 0 Å². The van der Waals surface area contributed by atoms with Gasteiger partial charge < -0.3 is 43.0 Å². The van der Waals surface area contributed by atoms with E-state index in [4.69, 9.17) is 17.2 Å². The Morgan fingerprint density at radius 2 is 1.74 bits per heavy atom. The van der Waals surface area contributed by atoms with Crippen LogP contribution >= 0.6 is 11.8 Å². The third-order valence-electron chi connectivity index (χ3n) is 7.74. The van der Waals surface area contributed by atoms with Crippen LogP contribution in [-0.4, -0.2) is 106 Å². The molecule has 0 bridgehead atoms. The summed E-state index contributed by atoms with van der Waals surface area (Å²) in [5, 5.41) is 7.45. The molecule has 2 heterocycles. The number of hydrogen-bond acceptors (Lipinski definition) is 8. The normalized spacial score (nSPS) is 24.2. The van der Waals surface area contributed by atoms with Crippen LogP contribution < -0.4 is 33.2 Å². The molecule has 0 radical (unpaired) electrons. The summed E-state index contributed by atoms with van der Waals surface area (Å²) in [6, 6.07) is -3.39. The Labute approximate surface area is 249 Å². The number of aliphatic imine (C=N–C) groups is 1. The highest BCUT2D eigenvalue weighted by molar-refractivity contribution is 8.00. The molecule has 0 aromatic heterocycles. The third-order valence-corrected chi connectivity index (χ3v) is 9.03. The van der Waals surface area contributed by atoms with Crippen LogP contribution in [0, 0.1) is 5.92 Å². The molecule has 0 aromatic carbocycles. The van der Waals surface area contributed by atoms with Crippen molar-refractivity contribution in [2.75, 3.05) is 25.4 Å². The molecular formula is C26H43N9O6S. The minimum atomic E-state index is -0.952. The maximum Gasteiger partial charge on any atom is 0.247 e. The summed E-state index contributed by atoms with van der Waals surface area (Å²) in [6.45, 7) is 2.95. The second-order valence-electron chi connectivity index (χ2n) is 11.0. The molecular weight excluding hydrogens is 566 g/mol. The van der Waals surface area contributed by atoms with Crippen LogP contribution in [0.1, 0.15) is 58.8 Å². The SMILES string of the molecule is CC(=O)N[C@@H](C)C(=O)N[C@H]1CS[C@@H]2CN(CC(=O)N[C@@H](CCCN=C(N)N)C(N)=O)C(=O)[C@H](C3CCCCC3)N2C1=O. The van der Waals surface area contributed by atoms with Crippen molar-refractivity contribution in [2.45, 2.75) is 88.3 Å². The van der Waals surface area contributed by atoms with Crippen molar-refractivity contribution in [1.82, 2.24) is 25.8 Å². The average molecular weight is 610 g/mol. The van der Waals surface area contributed by atoms with Gasteiger partial charge in [-0.3, -0.25) is 33.8 Å². The molecule has 0 aromatic rings. The molecule has 0 spiro atoms. The van der Waals surface area contributed by atoms with Gasteiger partial charge in [-0.05, 0) is 38.5 Å². The van der Waals surface area contributed by atoms with Gasteiger partial charge in [-0.1, -0.05) is 19.3 Å². The van der Waals surface area contributed by atoms with Crippen LogP contribution in [0.25, 0.3) is 0 Å². The summed E-state index contributed by atoms with van der Waals surface area (Å²) < 4.78 is 0. The van der Waals surface area contributed by atoms with E-state index < -0.39 is 47.3 Å². The van der Waals surface area contributed by atoms with E-state index in [0.29, 0.717) is 6.42 Å². The number of nitrogens with two attached hydrogens (primary N) is 3. The maximum atomic E-state index is 13.9. The standard InChI is InChI=1S/C26H43N9O6S/c1-14(31-15(2)36)23(39)33-18-13-42-20-12-34(11-19(37)32-17(22(27)38)9-6-10-30-26(28)29)25(41)21(35(20)24(18)40)16-7-4-3-5-8-16/h14,16-18,20-21H,3-13H2,1-2H3,(H2,27,38)(H,31,36)(H,32,37)(H,33,39)(H4,28,29,30)/t14-,17-,18-,20+,21-/m0/s1. The Balaban J connectivity index is 1.72. The quantitative estimate of drug-likeness (QED) is 0.0792. The van der Waals surface area contributed by atoms with Gasteiger partial charge in [0.1, 0.15) is 24.2 Å². The number of fused-ring (bicyclic) bond motifs is 1. The van der Waals surface area contributed by atoms with E-state index in [9.17, 15) is 28.8 Å². The molecule has 16 heteroatoms. The van der Waals surface area contributed by atoms with Gasteiger partial charge in [0, 0.05) is 19.2 Å². The van der Waals surface area contributed by atoms with Crippen molar-refractivity contribution in [1.29, 1.82) is 0 Å². The zero-order valence-corrected chi connectivity index (χ0v) is 25.0. The molecule has 9 N–H and O–H groups in total. The highest BCUT2D eigenvalue weighted by atomic mass is 32.2. The van der Waals surface area contributed by atoms with Gasteiger partial charge >= 0.3 is 0 Å². The molecule has 5 atom stereocenters. The lowest BCUT2D eigenvalue weighted by Gasteiger charge is -2.51. The smallest absolute Gasteiger partial charge is 0.247 e. The molecule has 1 aliphatic carbocycles. The summed E-state index contributed by atoms with van der Waals surface area (Å²) in [5.74, 6) is -2.64. The number of hydrogen-bond donors (Lipinski definition) is 6. The number of primary amides is 1. The minimum Gasteiger partial charge on any atom is -0.370 e. The Kier molecular flexibility index (Phi) is 11.8. The molecule has 6 amide bonds. The number of thioether (sulfide) groups is 1. The molecule has 234 valence electrons. The fourth-order valence-electron chi connectivity index (χ4n) is 5.72. The predicted octanol–water partition coefficient (Wildman–Crippen LogP) is -2.29. The van der Waals surface area contributed by atoms with Crippen molar-refractivity contribution in [3.05, 3.63) is 0 Å². The van der Waals surface area contributed by atoms with Crippen LogP contribution in [0.15, 0.2) is 4.99 Å². The van der Waals surface area contributed by atoms with E-state index >= 15 is 0 Å². The number of piperazine rings is 1. The van der Waals surface area contributed by atoms with E-state index in [-0.39, 0.29) is 61.4 Å². The Bertz CT molecular complexity index is 1080. The average Bonchev–Trinajstić information content (AvgIpc) is 2.92. The van der Waals surface area contributed by atoms with E-state index in [0.717, 1.165) is 32.1 Å². The van der Waals surface area contributed by atoms with Crippen molar-refractivity contribution >= 4 is 53.2 Å². The molecule has 15 nitrogen and oxygen atoms in total. The summed E-state index contributed by atoms with van der Waals surface area (Å²) >= 11 is 1.43. The topological polar surface area (TPSA) is 235 Å². The van der Waals surface area contributed by atoms with Gasteiger partial charge in [0.05, 0.1) is 18.5 Å². The lowest BCUT2D eigenvalue weighted by Crippen LogP contribution is -2.70. The minimum absolute atomic E-state index is 0.0767. The molecule has 42 heavy (non-hydrogen) atoms. The van der Waals surface area contributed by atoms with E-state index in [1.165, 1.54) is 30.5 Å². The lowest BCUT2D eigenvalue weighted by atomic mass is 9.81. The van der Waals surface area contributed by atoms with Crippen LogP contribution in [0.4, 0.5) is 0 Å². The van der Waals surface area contributed by atoms with Crippen molar-refractivity contribution in [3.63, 3.8) is 0 Å². The van der Waals surface area contributed by atoms with Crippen LogP contribution in [0.2, 0.25) is 0 Å². The van der Waals surface area contributed by atoms with E-state index in [2.05, 4.69) is 20.9 Å². The molecule has 3 aliphatic rings. The van der Waals surface area contributed by atoms with E-state index in [1.807, 2.05) is 0 Å². The Morgan fingerprint density at radius 1 is 1.05 bits per heavy atom. The second-order valence-corrected chi connectivity index (χ2v) is 12.3. The lowest BCUT2D eigenvalue weighted by molar-refractivity contribution is -0.159. The van der Waals surface area contributed by atoms with Crippen LogP contribution in [0.3, 0.4) is 0 Å². The second kappa shape index (κ2) is 15.1. The highest BCUT2D eigenvalue weighted by Crippen LogP contribution is 2.38. The fourth-order valence-corrected chi connectivity index (χ4v) is 7.04. The van der Waals surface area contributed by atoms with E-state index in [1.54, 1.807) is 4.90 Å². The molecule has 2 aliphatic heterocycles. The Hall–Kier alpha value is -3.56. The zero-order chi connectivity index (χ0) is 31.0. The first-order chi connectivity index (χ1) is 19.9. The number of nitrogens with one attached hydrogen (secondary N) is 3. The number of amides is 6. The Morgan fingerprint density at radius 3 is 2.36 bits per heavy atom. The molecule has 3 fully saturated rings. The van der Waals surface area contributed by atoms with Gasteiger partial charge in [-0.2, -0.15) is 0 Å². The van der Waals surface area contributed by atoms with Gasteiger partial charge in [-0.25, -0.2) is 0 Å². The van der Waals surface area contributed by atoms with Gasteiger partial charge in [0.25, 0.3) is 0 Å². The highest BCUT2D eigenvalue weighted by Gasteiger charge is 2.51. The van der Waals surface area contributed by atoms with Gasteiger partial charge in [0.2, 0.25) is 35.4 Å². The first kappa shape index (κ1) is 32.9.